The Balaban J connectivity index is 0.00000420. The zero-order chi connectivity index (χ0) is 27.4. The second kappa shape index (κ2) is 12.9. The second-order valence-electron chi connectivity index (χ2n) is 9.92. The second-order valence-corrected chi connectivity index (χ2v) is 9.92. The first kappa shape index (κ1) is 29.9. The molecule has 2 heterocycles. The van der Waals surface area contributed by atoms with Gasteiger partial charge in [0.15, 0.2) is 0 Å². The van der Waals surface area contributed by atoms with Crippen LogP contribution >= 0.6 is 0 Å². The van der Waals surface area contributed by atoms with Crippen LogP contribution < -0.4 is 10.2 Å². The van der Waals surface area contributed by atoms with E-state index >= 15 is 0 Å². The first-order valence-electron chi connectivity index (χ1n) is 12.7. The number of aryl methyl sites for hydroxylation is 6. The SMILES string of the molecule is Cc1cc(C=NCCN=Cc2cc(C)cc(Cn3nc(C)cc3C)c2[O-])c([O-])c(Cn2nc(C)cc2C)c1.[Cu+2]. The molecule has 0 saturated carbocycles. The van der Waals surface area contributed by atoms with Gasteiger partial charge in [0.1, 0.15) is 0 Å². The molecular weight excluding hydrogens is 540 g/mol. The van der Waals surface area contributed by atoms with Gasteiger partial charge in [0.05, 0.1) is 37.6 Å². The molecule has 0 amide bonds. The number of benzene rings is 2. The van der Waals surface area contributed by atoms with Gasteiger partial charge in [0, 0.05) is 23.8 Å². The summed E-state index contributed by atoms with van der Waals surface area (Å²) in [4.78, 5) is 8.84. The zero-order valence-corrected chi connectivity index (χ0v) is 24.2. The summed E-state index contributed by atoms with van der Waals surface area (Å²) in [6.45, 7) is 13.5. The molecule has 0 atom stereocenters. The molecule has 8 nitrogen and oxygen atoms in total. The van der Waals surface area contributed by atoms with Gasteiger partial charge in [-0.2, -0.15) is 10.2 Å². The summed E-state index contributed by atoms with van der Waals surface area (Å²) in [7, 11) is 0. The van der Waals surface area contributed by atoms with Crippen molar-refractivity contribution in [3.8, 4) is 11.5 Å². The normalized spacial score (nSPS) is 11.5. The van der Waals surface area contributed by atoms with E-state index in [9.17, 15) is 10.2 Å². The smallest absolute Gasteiger partial charge is 0.872 e. The van der Waals surface area contributed by atoms with Gasteiger partial charge in [-0.3, -0.25) is 19.3 Å². The predicted molar refractivity (Wildman–Crippen MR) is 148 cm³/mol. The van der Waals surface area contributed by atoms with Gasteiger partial charge in [0.2, 0.25) is 0 Å². The topological polar surface area (TPSA) is 106 Å². The van der Waals surface area contributed by atoms with Gasteiger partial charge in [-0.05, 0) is 75.9 Å². The van der Waals surface area contributed by atoms with Crippen LogP contribution in [0.3, 0.4) is 0 Å². The molecule has 4 rings (SSSR count). The Morgan fingerprint density at radius 2 is 1.03 bits per heavy atom. The third kappa shape index (κ3) is 7.46. The number of aromatic nitrogens is 4. The van der Waals surface area contributed by atoms with E-state index in [1.54, 1.807) is 12.4 Å². The van der Waals surface area contributed by atoms with E-state index in [-0.39, 0.29) is 28.6 Å². The van der Waals surface area contributed by atoms with E-state index in [0.717, 1.165) is 33.9 Å². The maximum Gasteiger partial charge on any atom is 2.00 e. The Hall–Kier alpha value is -3.68. The number of rotatable bonds is 9. The van der Waals surface area contributed by atoms with Crippen molar-refractivity contribution in [2.75, 3.05) is 13.1 Å². The first-order valence-corrected chi connectivity index (χ1v) is 12.7. The van der Waals surface area contributed by atoms with Crippen molar-refractivity contribution in [1.29, 1.82) is 0 Å². The third-order valence-corrected chi connectivity index (χ3v) is 6.34. The molecule has 0 unspecified atom stereocenters. The van der Waals surface area contributed by atoms with Gasteiger partial charge in [-0.25, -0.2) is 0 Å². The molecule has 1 radical (unpaired) electrons. The number of aliphatic imine (C=N–C) groups is 2. The van der Waals surface area contributed by atoms with Crippen molar-refractivity contribution in [2.45, 2.75) is 54.6 Å². The maximum atomic E-state index is 13.0. The van der Waals surface area contributed by atoms with E-state index in [1.807, 2.05) is 87.3 Å². The zero-order valence-electron chi connectivity index (χ0n) is 23.2. The Labute approximate surface area is 240 Å². The maximum absolute atomic E-state index is 13.0. The molecule has 9 heteroatoms. The van der Waals surface area contributed by atoms with Crippen molar-refractivity contribution in [1.82, 2.24) is 19.6 Å². The minimum Gasteiger partial charge on any atom is -0.872 e. The van der Waals surface area contributed by atoms with Crippen LogP contribution in [0.1, 0.15) is 56.2 Å². The Kier molecular flexibility index (Phi) is 9.89. The molecule has 0 fully saturated rings. The molecule has 0 aliphatic carbocycles. The molecule has 39 heavy (non-hydrogen) atoms. The minimum absolute atomic E-state index is 0. The number of hydrogen-bond donors (Lipinski definition) is 0. The predicted octanol–water partition coefficient (Wildman–Crippen LogP) is 3.71. The van der Waals surface area contributed by atoms with Crippen LogP contribution in [-0.2, 0) is 30.2 Å². The van der Waals surface area contributed by atoms with E-state index in [1.165, 1.54) is 0 Å². The van der Waals surface area contributed by atoms with Crippen LogP contribution in [0.15, 0.2) is 46.4 Å². The van der Waals surface area contributed by atoms with Crippen LogP contribution in [0, 0.1) is 41.5 Å². The molecule has 0 N–H and O–H groups in total. The first-order chi connectivity index (χ1) is 18.1. The van der Waals surface area contributed by atoms with Crippen molar-refractivity contribution in [2.24, 2.45) is 9.98 Å². The van der Waals surface area contributed by atoms with E-state index in [0.29, 0.717) is 48.4 Å². The molecule has 0 saturated heterocycles. The van der Waals surface area contributed by atoms with E-state index in [4.69, 9.17) is 0 Å². The van der Waals surface area contributed by atoms with Crippen LogP contribution in [0.2, 0.25) is 0 Å². The van der Waals surface area contributed by atoms with E-state index in [2.05, 4.69) is 20.2 Å². The average Bonchev–Trinajstić information content (AvgIpc) is 3.34. The molecular formula is C30H34CuN6O2. The standard InChI is InChI=1S/C30H36N6O2.Cu/c1-19-9-25(29(37)27(11-19)17-35-23(5)13-21(3)33-35)15-31-7-8-32-16-26-10-20(2)12-28(30(26)38)18-36-24(6)14-22(4)34-36;/h9-16,37-38H,7-8,17-18H2,1-6H3;/q;+2/p-2. The summed E-state index contributed by atoms with van der Waals surface area (Å²) in [6, 6.07) is 11.5. The molecule has 4 aromatic rings. The monoisotopic (exact) mass is 573 g/mol. The molecule has 207 valence electrons. The summed E-state index contributed by atoms with van der Waals surface area (Å²) >= 11 is 0. The van der Waals surface area contributed by atoms with Gasteiger partial charge < -0.3 is 10.2 Å². The number of nitrogens with zero attached hydrogens (tertiary/aromatic N) is 6. The molecule has 0 aliphatic heterocycles. The van der Waals surface area contributed by atoms with Gasteiger partial charge in [0.25, 0.3) is 0 Å². The van der Waals surface area contributed by atoms with Gasteiger partial charge in [-0.1, -0.05) is 46.9 Å². The molecule has 0 spiro atoms. The van der Waals surface area contributed by atoms with Gasteiger partial charge >= 0.3 is 17.1 Å². The fourth-order valence-corrected chi connectivity index (χ4v) is 4.62. The summed E-state index contributed by atoms with van der Waals surface area (Å²) in [5.74, 6) is -0.0809. The molecule has 2 aromatic carbocycles. The largest absolute Gasteiger partial charge is 2.00 e. The summed E-state index contributed by atoms with van der Waals surface area (Å²) in [5, 5.41) is 34.9. The molecule has 0 bridgehead atoms. The van der Waals surface area contributed by atoms with Crippen LogP contribution in [0.5, 0.6) is 11.5 Å². The fourth-order valence-electron chi connectivity index (χ4n) is 4.62. The van der Waals surface area contributed by atoms with Crippen molar-refractivity contribution < 1.29 is 27.3 Å². The Morgan fingerprint density at radius 3 is 1.36 bits per heavy atom. The summed E-state index contributed by atoms with van der Waals surface area (Å²) < 4.78 is 3.69. The molecule has 2 aromatic heterocycles. The van der Waals surface area contributed by atoms with Crippen molar-refractivity contribution in [3.63, 3.8) is 0 Å². The fraction of sp³-hybridized carbons (Fsp3) is 0.333. The van der Waals surface area contributed by atoms with Crippen LogP contribution in [0.25, 0.3) is 0 Å². The molecule has 0 aliphatic rings. The van der Waals surface area contributed by atoms with E-state index < -0.39 is 0 Å². The third-order valence-electron chi connectivity index (χ3n) is 6.34. The number of hydrogen-bond acceptors (Lipinski definition) is 6. The quantitative estimate of drug-likeness (QED) is 0.173. The Morgan fingerprint density at radius 1 is 0.641 bits per heavy atom. The van der Waals surface area contributed by atoms with Crippen molar-refractivity contribution >= 4 is 12.4 Å². The summed E-state index contributed by atoms with van der Waals surface area (Å²) in [5.41, 5.74) is 8.38. The van der Waals surface area contributed by atoms with Crippen LogP contribution in [-0.4, -0.2) is 45.1 Å². The average molecular weight is 574 g/mol. The Bertz CT molecular complexity index is 1400. The minimum atomic E-state index is -0.0405. The van der Waals surface area contributed by atoms with Gasteiger partial charge in [-0.15, -0.1) is 0 Å². The van der Waals surface area contributed by atoms with Crippen molar-refractivity contribution in [3.05, 3.63) is 92.6 Å². The van der Waals surface area contributed by atoms with Crippen LogP contribution in [0.4, 0.5) is 0 Å². The summed E-state index contributed by atoms with van der Waals surface area (Å²) in [6.07, 6.45) is 3.24.